The van der Waals surface area contributed by atoms with Crippen molar-refractivity contribution < 1.29 is 9.59 Å². The van der Waals surface area contributed by atoms with Gasteiger partial charge in [-0.15, -0.1) is 0 Å². The molecule has 0 aromatic heterocycles. The Kier molecular flexibility index (Phi) is 5.70. The predicted molar refractivity (Wildman–Crippen MR) is 70.0 cm³/mol. The number of carbonyl (C=O) groups is 2. The number of aryl methyl sites for hydroxylation is 1. The third-order valence-electron chi connectivity index (χ3n) is 2.54. The van der Waals surface area contributed by atoms with Gasteiger partial charge in [0.1, 0.15) is 6.04 Å². The third kappa shape index (κ3) is 5.34. The molecule has 0 radical (unpaired) electrons. The zero-order valence-corrected chi connectivity index (χ0v) is 10.5. The van der Waals surface area contributed by atoms with Crippen LogP contribution in [-0.2, 0) is 11.2 Å². The van der Waals surface area contributed by atoms with Gasteiger partial charge in [0.2, 0.25) is 5.91 Å². The number of primary amides is 1. The number of carbonyl (C=O) groups excluding carboxylic acids is 2. The van der Waals surface area contributed by atoms with E-state index in [1.54, 1.807) is 6.92 Å². The van der Waals surface area contributed by atoms with Crippen molar-refractivity contribution in [2.45, 2.75) is 25.8 Å². The Labute approximate surface area is 107 Å². The molecule has 5 heteroatoms. The summed E-state index contributed by atoms with van der Waals surface area (Å²) in [6.07, 6.45) is 1.78. The molecule has 18 heavy (non-hydrogen) atoms. The van der Waals surface area contributed by atoms with Crippen LogP contribution in [0.25, 0.3) is 0 Å². The van der Waals surface area contributed by atoms with E-state index < -0.39 is 12.1 Å². The summed E-state index contributed by atoms with van der Waals surface area (Å²) < 4.78 is 0. The summed E-state index contributed by atoms with van der Waals surface area (Å²) in [5, 5.41) is 5.08. The van der Waals surface area contributed by atoms with Crippen LogP contribution in [0.4, 0.5) is 4.79 Å². The molecule has 1 atom stereocenters. The van der Waals surface area contributed by atoms with Gasteiger partial charge < -0.3 is 16.4 Å². The molecule has 3 amide bonds. The fraction of sp³-hybridized carbons (Fsp3) is 0.385. The van der Waals surface area contributed by atoms with E-state index in [9.17, 15) is 9.59 Å². The Balaban J connectivity index is 2.18. The summed E-state index contributed by atoms with van der Waals surface area (Å²) in [4.78, 5) is 22.1. The number of urea groups is 1. The number of amides is 3. The molecule has 1 rings (SSSR count). The minimum absolute atomic E-state index is 0.220. The molecule has 0 fully saturated rings. The lowest BCUT2D eigenvalue weighted by Gasteiger charge is -2.12. The maximum atomic E-state index is 11.5. The van der Waals surface area contributed by atoms with Crippen molar-refractivity contribution in [3.8, 4) is 0 Å². The van der Waals surface area contributed by atoms with Crippen molar-refractivity contribution in [2.75, 3.05) is 6.54 Å². The van der Waals surface area contributed by atoms with E-state index in [0.717, 1.165) is 12.8 Å². The van der Waals surface area contributed by atoms with Gasteiger partial charge in [0.05, 0.1) is 0 Å². The molecule has 1 aromatic carbocycles. The first-order valence-corrected chi connectivity index (χ1v) is 5.97. The molecule has 0 aliphatic rings. The van der Waals surface area contributed by atoms with E-state index in [-0.39, 0.29) is 5.91 Å². The Morgan fingerprint density at radius 1 is 1.28 bits per heavy atom. The van der Waals surface area contributed by atoms with E-state index >= 15 is 0 Å². The smallest absolute Gasteiger partial charge is 0.312 e. The summed E-state index contributed by atoms with van der Waals surface area (Å²) in [6.45, 7) is 2.18. The van der Waals surface area contributed by atoms with E-state index in [2.05, 4.69) is 22.8 Å². The SMILES string of the molecule is CC(NC(N)=O)C(=O)NCCCc1ccccc1. The first-order valence-electron chi connectivity index (χ1n) is 5.97. The molecule has 1 unspecified atom stereocenters. The lowest BCUT2D eigenvalue weighted by Crippen LogP contribution is -2.46. The lowest BCUT2D eigenvalue weighted by molar-refractivity contribution is -0.122. The van der Waals surface area contributed by atoms with Crippen LogP contribution in [0, 0.1) is 0 Å². The van der Waals surface area contributed by atoms with Crippen molar-refractivity contribution in [3.63, 3.8) is 0 Å². The Bertz CT molecular complexity index is 392. The van der Waals surface area contributed by atoms with Gasteiger partial charge in [0.15, 0.2) is 0 Å². The molecule has 0 bridgehead atoms. The van der Waals surface area contributed by atoms with E-state index in [0.29, 0.717) is 6.54 Å². The molecule has 0 spiro atoms. The number of nitrogens with one attached hydrogen (secondary N) is 2. The van der Waals surface area contributed by atoms with Crippen molar-refractivity contribution in [1.82, 2.24) is 10.6 Å². The van der Waals surface area contributed by atoms with Gasteiger partial charge in [-0.3, -0.25) is 4.79 Å². The quantitative estimate of drug-likeness (QED) is 0.651. The molecule has 0 saturated heterocycles. The molecule has 0 saturated carbocycles. The van der Waals surface area contributed by atoms with E-state index in [1.807, 2.05) is 18.2 Å². The zero-order valence-electron chi connectivity index (χ0n) is 10.5. The molecule has 0 heterocycles. The van der Waals surface area contributed by atoms with Gasteiger partial charge in [-0.25, -0.2) is 4.79 Å². The molecular formula is C13H19N3O2. The van der Waals surface area contributed by atoms with Crippen LogP contribution in [-0.4, -0.2) is 24.5 Å². The number of hydrogen-bond donors (Lipinski definition) is 3. The lowest BCUT2D eigenvalue weighted by atomic mass is 10.1. The summed E-state index contributed by atoms with van der Waals surface area (Å²) >= 11 is 0. The fourth-order valence-electron chi connectivity index (χ4n) is 1.58. The largest absolute Gasteiger partial charge is 0.354 e. The highest BCUT2D eigenvalue weighted by molar-refractivity contribution is 5.86. The highest BCUT2D eigenvalue weighted by atomic mass is 16.2. The highest BCUT2D eigenvalue weighted by Gasteiger charge is 2.12. The van der Waals surface area contributed by atoms with E-state index in [4.69, 9.17) is 5.73 Å². The van der Waals surface area contributed by atoms with Gasteiger partial charge in [-0.05, 0) is 25.3 Å². The van der Waals surface area contributed by atoms with Gasteiger partial charge in [0.25, 0.3) is 0 Å². The molecule has 98 valence electrons. The standard InChI is InChI=1S/C13H19N3O2/c1-10(16-13(14)18)12(17)15-9-5-8-11-6-3-2-4-7-11/h2-4,6-7,10H,5,8-9H2,1H3,(H,15,17)(H3,14,16,18). The van der Waals surface area contributed by atoms with Gasteiger partial charge in [-0.2, -0.15) is 0 Å². The van der Waals surface area contributed by atoms with Gasteiger partial charge in [0, 0.05) is 6.54 Å². The Hall–Kier alpha value is -2.04. The first-order chi connectivity index (χ1) is 8.59. The van der Waals surface area contributed by atoms with Crippen molar-refractivity contribution in [2.24, 2.45) is 5.73 Å². The first kappa shape index (κ1) is 14.0. The second-order valence-corrected chi connectivity index (χ2v) is 4.11. The third-order valence-corrected chi connectivity index (χ3v) is 2.54. The molecule has 1 aromatic rings. The molecule has 0 aliphatic carbocycles. The highest BCUT2D eigenvalue weighted by Crippen LogP contribution is 2.01. The Morgan fingerprint density at radius 3 is 2.56 bits per heavy atom. The predicted octanol–water partition coefficient (Wildman–Crippen LogP) is 0.792. The average Bonchev–Trinajstić information content (AvgIpc) is 2.34. The number of hydrogen-bond acceptors (Lipinski definition) is 2. The molecule has 0 aliphatic heterocycles. The van der Waals surface area contributed by atoms with Crippen LogP contribution in [0.15, 0.2) is 30.3 Å². The van der Waals surface area contributed by atoms with E-state index in [1.165, 1.54) is 5.56 Å². The Morgan fingerprint density at radius 2 is 1.94 bits per heavy atom. The van der Waals surface area contributed by atoms with Gasteiger partial charge >= 0.3 is 6.03 Å². The van der Waals surface area contributed by atoms with Crippen LogP contribution < -0.4 is 16.4 Å². The monoisotopic (exact) mass is 249 g/mol. The minimum atomic E-state index is -0.693. The number of benzene rings is 1. The minimum Gasteiger partial charge on any atom is -0.354 e. The van der Waals surface area contributed by atoms with Crippen molar-refractivity contribution in [1.29, 1.82) is 0 Å². The second-order valence-electron chi connectivity index (χ2n) is 4.11. The molecular weight excluding hydrogens is 230 g/mol. The maximum Gasteiger partial charge on any atom is 0.312 e. The normalized spacial score (nSPS) is 11.6. The second kappa shape index (κ2) is 7.32. The maximum absolute atomic E-state index is 11.5. The van der Waals surface area contributed by atoms with Crippen LogP contribution in [0.2, 0.25) is 0 Å². The van der Waals surface area contributed by atoms with Crippen LogP contribution >= 0.6 is 0 Å². The van der Waals surface area contributed by atoms with Gasteiger partial charge in [-0.1, -0.05) is 30.3 Å². The van der Waals surface area contributed by atoms with Crippen molar-refractivity contribution >= 4 is 11.9 Å². The van der Waals surface area contributed by atoms with Crippen LogP contribution in [0.5, 0.6) is 0 Å². The summed E-state index contributed by atoms with van der Waals surface area (Å²) in [7, 11) is 0. The van der Waals surface area contributed by atoms with Crippen LogP contribution in [0.1, 0.15) is 18.9 Å². The number of nitrogens with two attached hydrogens (primary N) is 1. The molecule has 5 nitrogen and oxygen atoms in total. The van der Waals surface area contributed by atoms with Crippen LogP contribution in [0.3, 0.4) is 0 Å². The zero-order chi connectivity index (χ0) is 13.4. The summed E-state index contributed by atoms with van der Waals surface area (Å²) in [5.41, 5.74) is 6.18. The topological polar surface area (TPSA) is 84.2 Å². The summed E-state index contributed by atoms with van der Waals surface area (Å²) in [6, 6.07) is 8.78. The fourth-order valence-corrected chi connectivity index (χ4v) is 1.58. The molecule has 4 N–H and O–H groups in total. The van der Waals surface area contributed by atoms with Crippen molar-refractivity contribution in [3.05, 3.63) is 35.9 Å². The summed E-state index contributed by atoms with van der Waals surface area (Å²) in [5.74, 6) is -0.220. The number of rotatable bonds is 6. The average molecular weight is 249 g/mol.